The van der Waals surface area contributed by atoms with Crippen molar-refractivity contribution in [2.75, 3.05) is 52.5 Å². The van der Waals surface area contributed by atoms with Crippen molar-refractivity contribution in [3.05, 3.63) is 35.4 Å². The number of piperazine rings is 1. The van der Waals surface area contributed by atoms with Gasteiger partial charge in [-0.15, -0.1) is 0 Å². The second kappa shape index (κ2) is 7.97. The van der Waals surface area contributed by atoms with Crippen LogP contribution in [-0.2, 0) is 9.53 Å². The third kappa shape index (κ3) is 4.02. The smallest absolute Gasteiger partial charge is 0.254 e. The van der Waals surface area contributed by atoms with Crippen molar-refractivity contribution in [2.45, 2.75) is 19.9 Å². The van der Waals surface area contributed by atoms with Crippen LogP contribution in [0.5, 0.6) is 0 Å². The van der Waals surface area contributed by atoms with Crippen molar-refractivity contribution >= 4 is 11.8 Å². The first kappa shape index (κ1) is 17.9. The van der Waals surface area contributed by atoms with Gasteiger partial charge in [-0.2, -0.15) is 0 Å². The van der Waals surface area contributed by atoms with E-state index in [1.165, 1.54) is 0 Å². The van der Waals surface area contributed by atoms with Crippen LogP contribution in [0.1, 0.15) is 22.8 Å². The number of carbonyl (C=O) groups excluding carboxylic acids is 2. The molecule has 6 heteroatoms. The van der Waals surface area contributed by atoms with E-state index in [1.54, 1.807) is 0 Å². The molecule has 136 valence electrons. The molecule has 2 amide bonds. The van der Waals surface area contributed by atoms with Crippen LogP contribution in [-0.4, -0.2) is 85.0 Å². The average molecular weight is 345 g/mol. The summed E-state index contributed by atoms with van der Waals surface area (Å²) in [6.07, 6.45) is 0. The number of hydrogen-bond acceptors (Lipinski definition) is 4. The zero-order chi connectivity index (χ0) is 17.8. The number of ether oxygens (including phenoxy) is 1. The molecule has 0 radical (unpaired) electrons. The van der Waals surface area contributed by atoms with E-state index in [0.717, 1.165) is 24.2 Å². The Kier molecular flexibility index (Phi) is 5.71. The fourth-order valence-corrected chi connectivity index (χ4v) is 3.50. The molecule has 2 fully saturated rings. The topological polar surface area (TPSA) is 53.1 Å². The van der Waals surface area contributed by atoms with Gasteiger partial charge in [0, 0.05) is 44.8 Å². The largest absolute Gasteiger partial charge is 0.378 e. The summed E-state index contributed by atoms with van der Waals surface area (Å²) in [6, 6.07) is 7.55. The summed E-state index contributed by atoms with van der Waals surface area (Å²) >= 11 is 0. The second-order valence-corrected chi connectivity index (χ2v) is 6.76. The van der Waals surface area contributed by atoms with Crippen molar-refractivity contribution in [3.63, 3.8) is 0 Å². The fraction of sp³-hybridized carbons (Fsp3) is 0.579. The summed E-state index contributed by atoms with van der Waals surface area (Å²) in [4.78, 5) is 31.3. The van der Waals surface area contributed by atoms with Crippen LogP contribution in [0.15, 0.2) is 24.3 Å². The van der Waals surface area contributed by atoms with E-state index < -0.39 is 0 Å². The Morgan fingerprint density at radius 2 is 1.60 bits per heavy atom. The van der Waals surface area contributed by atoms with Gasteiger partial charge in [0.2, 0.25) is 5.91 Å². The van der Waals surface area contributed by atoms with E-state index in [1.807, 2.05) is 47.9 Å². The van der Waals surface area contributed by atoms with E-state index in [-0.39, 0.29) is 17.9 Å². The Bertz CT molecular complexity index is 620. The molecule has 2 aliphatic heterocycles. The summed E-state index contributed by atoms with van der Waals surface area (Å²) < 4.78 is 5.32. The molecule has 6 nitrogen and oxygen atoms in total. The van der Waals surface area contributed by atoms with Gasteiger partial charge in [0.25, 0.3) is 5.91 Å². The molecule has 1 aromatic carbocycles. The minimum absolute atomic E-state index is 0.0879. The highest BCUT2D eigenvalue weighted by Crippen LogP contribution is 2.15. The molecule has 0 saturated carbocycles. The fourth-order valence-electron chi connectivity index (χ4n) is 3.50. The number of amides is 2. The van der Waals surface area contributed by atoms with Crippen molar-refractivity contribution in [1.29, 1.82) is 0 Å². The van der Waals surface area contributed by atoms with E-state index in [0.29, 0.717) is 39.4 Å². The van der Waals surface area contributed by atoms with Gasteiger partial charge in [0.15, 0.2) is 0 Å². The van der Waals surface area contributed by atoms with Gasteiger partial charge in [0.05, 0.1) is 19.3 Å². The second-order valence-electron chi connectivity index (χ2n) is 6.76. The molecular formula is C19H27N3O3. The van der Waals surface area contributed by atoms with Gasteiger partial charge < -0.3 is 14.5 Å². The quantitative estimate of drug-likeness (QED) is 0.820. The summed E-state index contributed by atoms with van der Waals surface area (Å²) in [5.41, 5.74) is 1.78. The molecular weight excluding hydrogens is 318 g/mol. The Morgan fingerprint density at radius 1 is 0.960 bits per heavy atom. The van der Waals surface area contributed by atoms with E-state index in [2.05, 4.69) is 4.90 Å². The van der Waals surface area contributed by atoms with E-state index in [9.17, 15) is 9.59 Å². The van der Waals surface area contributed by atoms with Gasteiger partial charge in [-0.05, 0) is 25.5 Å². The minimum atomic E-state index is -0.145. The van der Waals surface area contributed by atoms with Gasteiger partial charge >= 0.3 is 0 Å². The zero-order valence-corrected chi connectivity index (χ0v) is 15.1. The SMILES string of the molecule is Cc1ccccc1C(=O)N1CCN([C@@H](C)C(=O)N2CCOCC2)CC1. The summed E-state index contributed by atoms with van der Waals surface area (Å²) in [7, 11) is 0. The van der Waals surface area contributed by atoms with Gasteiger partial charge in [-0.3, -0.25) is 14.5 Å². The number of rotatable bonds is 3. The molecule has 2 aliphatic rings. The molecule has 0 N–H and O–H groups in total. The van der Waals surface area contributed by atoms with Gasteiger partial charge in [-0.1, -0.05) is 18.2 Å². The number of hydrogen-bond donors (Lipinski definition) is 0. The minimum Gasteiger partial charge on any atom is -0.378 e. The maximum atomic E-state index is 12.7. The van der Waals surface area contributed by atoms with Crippen LogP contribution in [0.25, 0.3) is 0 Å². The van der Waals surface area contributed by atoms with Crippen LogP contribution in [0, 0.1) is 6.92 Å². The predicted molar refractivity (Wildman–Crippen MR) is 95.5 cm³/mol. The first-order valence-corrected chi connectivity index (χ1v) is 9.03. The summed E-state index contributed by atoms with van der Waals surface area (Å²) in [6.45, 7) is 9.31. The van der Waals surface area contributed by atoms with E-state index in [4.69, 9.17) is 4.74 Å². The van der Waals surface area contributed by atoms with Crippen LogP contribution in [0.2, 0.25) is 0 Å². The molecule has 2 heterocycles. The molecule has 2 saturated heterocycles. The molecule has 0 bridgehead atoms. The highest BCUT2D eigenvalue weighted by atomic mass is 16.5. The van der Waals surface area contributed by atoms with Gasteiger partial charge in [-0.25, -0.2) is 0 Å². The lowest BCUT2D eigenvalue weighted by Gasteiger charge is -2.39. The average Bonchev–Trinajstić information content (AvgIpc) is 2.67. The zero-order valence-electron chi connectivity index (χ0n) is 15.1. The number of aryl methyl sites for hydroxylation is 1. The third-order valence-corrected chi connectivity index (χ3v) is 5.20. The van der Waals surface area contributed by atoms with Crippen LogP contribution in [0.4, 0.5) is 0 Å². The van der Waals surface area contributed by atoms with Crippen molar-refractivity contribution < 1.29 is 14.3 Å². The lowest BCUT2D eigenvalue weighted by Crippen LogP contribution is -2.56. The maximum Gasteiger partial charge on any atom is 0.254 e. The Hall–Kier alpha value is -1.92. The number of carbonyl (C=O) groups is 2. The van der Waals surface area contributed by atoms with Crippen molar-refractivity contribution in [2.24, 2.45) is 0 Å². The van der Waals surface area contributed by atoms with Crippen molar-refractivity contribution in [1.82, 2.24) is 14.7 Å². The standard InChI is InChI=1S/C19H27N3O3/c1-15-5-3-4-6-17(15)19(24)21-9-7-20(8-10-21)16(2)18(23)22-11-13-25-14-12-22/h3-6,16H,7-14H2,1-2H3/t16-/m0/s1. The van der Waals surface area contributed by atoms with Gasteiger partial charge in [0.1, 0.15) is 0 Å². The maximum absolute atomic E-state index is 12.7. The lowest BCUT2D eigenvalue weighted by atomic mass is 10.1. The molecule has 0 aromatic heterocycles. The van der Waals surface area contributed by atoms with E-state index >= 15 is 0 Å². The molecule has 3 rings (SSSR count). The first-order chi connectivity index (χ1) is 12.1. The number of nitrogens with zero attached hydrogens (tertiary/aromatic N) is 3. The Morgan fingerprint density at radius 3 is 2.24 bits per heavy atom. The molecule has 0 unspecified atom stereocenters. The molecule has 1 aromatic rings. The van der Waals surface area contributed by atoms with Crippen LogP contribution < -0.4 is 0 Å². The highest BCUT2D eigenvalue weighted by molar-refractivity contribution is 5.95. The number of morpholine rings is 1. The monoisotopic (exact) mass is 345 g/mol. The van der Waals surface area contributed by atoms with Crippen LogP contribution >= 0.6 is 0 Å². The highest BCUT2D eigenvalue weighted by Gasteiger charge is 2.31. The first-order valence-electron chi connectivity index (χ1n) is 9.03. The number of benzene rings is 1. The Labute approximate surface area is 149 Å². The third-order valence-electron chi connectivity index (χ3n) is 5.20. The molecule has 1 atom stereocenters. The lowest BCUT2D eigenvalue weighted by molar-refractivity contribution is -0.141. The summed E-state index contributed by atoms with van der Waals surface area (Å²) in [5.74, 6) is 0.256. The summed E-state index contributed by atoms with van der Waals surface area (Å²) in [5, 5.41) is 0. The molecule has 0 spiro atoms. The normalized spacial score (nSPS) is 20.4. The van der Waals surface area contributed by atoms with Crippen LogP contribution in [0.3, 0.4) is 0 Å². The molecule has 25 heavy (non-hydrogen) atoms. The van der Waals surface area contributed by atoms with Crippen molar-refractivity contribution in [3.8, 4) is 0 Å². The Balaban J connectivity index is 1.55. The molecule has 0 aliphatic carbocycles. The predicted octanol–water partition coefficient (Wildman–Crippen LogP) is 1.00.